The van der Waals surface area contributed by atoms with Gasteiger partial charge in [0.25, 0.3) is 0 Å². The van der Waals surface area contributed by atoms with Crippen LogP contribution in [-0.4, -0.2) is 46.0 Å². The van der Waals surface area contributed by atoms with Gasteiger partial charge in [-0.3, -0.25) is 4.18 Å². The molecule has 0 aromatic heterocycles. The average molecular weight is 419 g/mol. The molecule has 0 aromatic rings. The molecule has 0 N–H and O–H groups in total. The molecule has 0 atom stereocenters. The second-order valence-corrected chi connectivity index (χ2v) is 7.75. The summed E-state index contributed by atoms with van der Waals surface area (Å²) in [6, 6.07) is 0. The van der Waals surface area contributed by atoms with Gasteiger partial charge in [-0.15, -0.1) is 0 Å². The summed E-state index contributed by atoms with van der Waals surface area (Å²) in [5.41, 5.74) is 0. The van der Waals surface area contributed by atoms with E-state index in [1.54, 1.807) is 0 Å². The van der Waals surface area contributed by atoms with E-state index in [0.29, 0.717) is 13.2 Å². The van der Waals surface area contributed by atoms with Gasteiger partial charge < -0.3 is 14.0 Å². The van der Waals surface area contributed by atoms with Gasteiger partial charge in [0.1, 0.15) is 0 Å². The summed E-state index contributed by atoms with van der Waals surface area (Å²) in [4.78, 5) is 0. The Morgan fingerprint density at radius 1 is 0.593 bits per heavy atom. The van der Waals surface area contributed by atoms with Crippen molar-refractivity contribution < 1.29 is 56.2 Å². The molecule has 0 unspecified atom stereocenters. The molecule has 27 heavy (non-hydrogen) atoms. The summed E-state index contributed by atoms with van der Waals surface area (Å²) in [6.07, 6.45) is 17.3. The molecular weight excluding hydrogens is 379 g/mol. The minimum Gasteiger partial charge on any atom is -0.726 e. The second-order valence-electron chi connectivity index (χ2n) is 6.70. The summed E-state index contributed by atoms with van der Waals surface area (Å²) in [5.74, 6) is 0. The van der Waals surface area contributed by atoms with Crippen molar-refractivity contribution in [3.8, 4) is 0 Å². The Bertz CT molecular complexity index is 378. The first kappa shape index (κ1) is 30.0. The third-order valence-electron chi connectivity index (χ3n) is 4.22. The van der Waals surface area contributed by atoms with E-state index in [9.17, 15) is 13.0 Å². The van der Waals surface area contributed by atoms with Crippen LogP contribution in [0.1, 0.15) is 90.4 Å². The molecule has 0 saturated carbocycles. The van der Waals surface area contributed by atoms with Gasteiger partial charge in [-0.1, -0.05) is 84.0 Å². The SMILES string of the molecule is CCCCCCCCCCCCCCCOCCOCCOS(=O)(=O)[O-].[Na+]. The molecule has 0 saturated heterocycles. The van der Waals surface area contributed by atoms with Crippen LogP contribution in [0, 0.1) is 0 Å². The van der Waals surface area contributed by atoms with Crippen LogP contribution in [0.3, 0.4) is 0 Å². The topological polar surface area (TPSA) is 84.9 Å². The fourth-order valence-electron chi connectivity index (χ4n) is 2.74. The third-order valence-corrected chi connectivity index (χ3v) is 4.67. The molecule has 0 spiro atoms. The molecule has 8 heteroatoms. The van der Waals surface area contributed by atoms with Gasteiger partial charge in [-0.05, 0) is 6.42 Å². The Morgan fingerprint density at radius 2 is 0.963 bits per heavy atom. The van der Waals surface area contributed by atoms with Crippen molar-refractivity contribution >= 4 is 10.4 Å². The fourth-order valence-corrected chi connectivity index (χ4v) is 3.01. The minimum atomic E-state index is -4.61. The van der Waals surface area contributed by atoms with Crippen molar-refractivity contribution in [3.63, 3.8) is 0 Å². The van der Waals surface area contributed by atoms with E-state index in [4.69, 9.17) is 9.47 Å². The first-order valence-electron chi connectivity index (χ1n) is 10.3. The van der Waals surface area contributed by atoms with E-state index >= 15 is 0 Å². The van der Waals surface area contributed by atoms with Crippen molar-refractivity contribution in [1.82, 2.24) is 0 Å². The quantitative estimate of drug-likeness (QED) is 0.122. The maximum atomic E-state index is 10.2. The molecule has 0 radical (unpaired) electrons. The average Bonchev–Trinajstić information content (AvgIpc) is 2.59. The van der Waals surface area contributed by atoms with Crippen molar-refractivity contribution in [2.45, 2.75) is 90.4 Å². The van der Waals surface area contributed by atoms with Crippen LogP contribution in [0.5, 0.6) is 0 Å². The Labute approximate surface area is 189 Å². The van der Waals surface area contributed by atoms with E-state index in [1.807, 2.05) is 0 Å². The van der Waals surface area contributed by atoms with Gasteiger partial charge in [0.05, 0.1) is 26.4 Å². The molecule has 0 rings (SSSR count). The normalized spacial score (nSPS) is 11.5. The van der Waals surface area contributed by atoms with Crippen molar-refractivity contribution in [3.05, 3.63) is 0 Å². The van der Waals surface area contributed by atoms with E-state index in [-0.39, 0.29) is 42.8 Å². The maximum absolute atomic E-state index is 10.2. The fraction of sp³-hybridized carbons (Fsp3) is 1.00. The van der Waals surface area contributed by atoms with Gasteiger partial charge >= 0.3 is 29.6 Å². The number of hydrogen-bond donors (Lipinski definition) is 0. The molecule has 6 nitrogen and oxygen atoms in total. The number of rotatable bonds is 21. The Balaban J connectivity index is 0. The van der Waals surface area contributed by atoms with Crippen LogP contribution in [0.15, 0.2) is 0 Å². The molecule has 0 aliphatic heterocycles. The summed E-state index contributed by atoms with van der Waals surface area (Å²) in [5, 5.41) is 0. The van der Waals surface area contributed by atoms with Crippen LogP contribution in [0.4, 0.5) is 0 Å². The standard InChI is InChI=1S/C19H40O6S.Na/c1-2-3-4-5-6-7-8-9-10-11-12-13-14-15-23-16-17-24-18-19-25-26(20,21)22;/h2-19H2,1H3,(H,20,21,22);/q;+1/p-1. The van der Waals surface area contributed by atoms with Crippen LogP contribution in [-0.2, 0) is 24.1 Å². The molecule has 0 heterocycles. The number of hydrogen-bond acceptors (Lipinski definition) is 6. The molecule has 0 aliphatic carbocycles. The zero-order valence-electron chi connectivity index (χ0n) is 17.6. The Kier molecular flexibility index (Phi) is 25.6. The summed E-state index contributed by atoms with van der Waals surface area (Å²) < 4.78 is 45.0. The zero-order valence-corrected chi connectivity index (χ0v) is 20.4. The van der Waals surface area contributed by atoms with E-state index < -0.39 is 10.4 Å². The molecule has 0 aromatic carbocycles. The molecule has 0 aliphatic rings. The Hall–Kier alpha value is 0.790. The predicted molar refractivity (Wildman–Crippen MR) is 103 cm³/mol. The van der Waals surface area contributed by atoms with Crippen LogP contribution >= 0.6 is 0 Å². The molecule has 0 fully saturated rings. The van der Waals surface area contributed by atoms with Gasteiger partial charge in [-0.25, -0.2) is 8.42 Å². The van der Waals surface area contributed by atoms with E-state index in [1.165, 1.54) is 77.0 Å². The molecule has 0 amide bonds. The molecule has 0 bridgehead atoms. The first-order chi connectivity index (χ1) is 12.6. The zero-order chi connectivity index (χ0) is 19.3. The monoisotopic (exact) mass is 418 g/mol. The third kappa shape index (κ3) is 29.1. The Morgan fingerprint density at radius 3 is 1.41 bits per heavy atom. The summed E-state index contributed by atoms with van der Waals surface area (Å²) >= 11 is 0. The molecular formula is C19H39NaO6S. The summed E-state index contributed by atoms with van der Waals surface area (Å²) in [6.45, 7) is 3.67. The van der Waals surface area contributed by atoms with Crippen LogP contribution < -0.4 is 29.6 Å². The minimum absolute atomic E-state index is 0. The van der Waals surface area contributed by atoms with E-state index in [2.05, 4.69) is 11.1 Å². The first-order valence-corrected chi connectivity index (χ1v) is 11.7. The van der Waals surface area contributed by atoms with E-state index in [0.717, 1.165) is 13.0 Å². The number of unbranched alkanes of at least 4 members (excludes halogenated alkanes) is 12. The largest absolute Gasteiger partial charge is 1.00 e. The van der Waals surface area contributed by atoms with Crippen molar-refractivity contribution in [1.29, 1.82) is 0 Å². The maximum Gasteiger partial charge on any atom is 1.00 e. The van der Waals surface area contributed by atoms with Gasteiger partial charge in [0, 0.05) is 6.61 Å². The van der Waals surface area contributed by atoms with Crippen LogP contribution in [0.25, 0.3) is 0 Å². The van der Waals surface area contributed by atoms with Gasteiger partial charge in [0.2, 0.25) is 10.4 Å². The second kappa shape index (κ2) is 23.1. The number of ether oxygens (including phenoxy) is 2. The molecule has 158 valence electrons. The van der Waals surface area contributed by atoms with Crippen molar-refractivity contribution in [2.75, 3.05) is 33.0 Å². The summed E-state index contributed by atoms with van der Waals surface area (Å²) in [7, 11) is -4.61. The predicted octanol–water partition coefficient (Wildman–Crippen LogP) is 1.59. The van der Waals surface area contributed by atoms with Gasteiger partial charge in [-0.2, -0.15) is 0 Å². The smallest absolute Gasteiger partial charge is 0.726 e. The van der Waals surface area contributed by atoms with Gasteiger partial charge in [0.15, 0.2) is 0 Å². The van der Waals surface area contributed by atoms with Crippen molar-refractivity contribution in [2.24, 2.45) is 0 Å². The van der Waals surface area contributed by atoms with Crippen LogP contribution in [0.2, 0.25) is 0 Å².